The minimum atomic E-state index is 0.505. The van der Waals surface area contributed by atoms with Gasteiger partial charge in [0.2, 0.25) is 0 Å². The summed E-state index contributed by atoms with van der Waals surface area (Å²) in [6, 6.07) is 2.82. The molecule has 2 unspecified atom stereocenters. The molecule has 1 aromatic rings. The molecule has 2 heterocycles. The monoisotopic (exact) mass is 322 g/mol. The molecule has 2 rings (SSSR count). The number of rotatable bonds is 7. The van der Waals surface area contributed by atoms with Crippen molar-refractivity contribution in [2.24, 2.45) is 4.99 Å². The molecule has 124 valence electrons. The number of likely N-dealkylation sites (tertiary alicyclic amines) is 1. The SMILES string of the molecule is CCC(CNC(=NC)NCC(C)c1ccsc1)N1CCCC1. The van der Waals surface area contributed by atoms with Gasteiger partial charge in [-0.2, -0.15) is 11.3 Å². The molecule has 4 nitrogen and oxygen atoms in total. The van der Waals surface area contributed by atoms with Gasteiger partial charge in [0.05, 0.1) is 0 Å². The van der Waals surface area contributed by atoms with Crippen molar-refractivity contribution < 1.29 is 0 Å². The van der Waals surface area contributed by atoms with Gasteiger partial charge >= 0.3 is 0 Å². The molecule has 22 heavy (non-hydrogen) atoms. The van der Waals surface area contributed by atoms with E-state index in [4.69, 9.17) is 0 Å². The minimum Gasteiger partial charge on any atom is -0.356 e. The van der Waals surface area contributed by atoms with E-state index in [1.165, 1.54) is 37.9 Å². The van der Waals surface area contributed by atoms with Gasteiger partial charge in [-0.1, -0.05) is 13.8 Å². The normalized spacial score (nSPS) is 19.1. The molecule has 1 saturated heterocycles. The fourth-order valence-corrected chi connectivity index (χ4v) is 3.78. The van der Waals surface area contributed by atoms with Crippen molar-refractivity contribution in [2.45, 2.75) is 45.1 Å². The summed E-state index contributed by atoms with van der Waals surface area (Å²) in [5.41, 5.74) is 1.40. The van der Waals surface area contributed by atoms with Crippen molar-refractivity contribution in [3.8, 4) is 0 Å². The Hall–Kier alpha value is -1.07. The van der Waals surface area contributed by atoms with Crippen LogP contribution in [0.25, 0.3) is 0 Å². The van der Waals surface area contributed by atoms with Crippen LogP contribution in [-0.2, 0) is 0 Å². The Morgan fingerprint density at radius 2 is 2.05 bits per heavy atom. The molecule has 0 bridgehead atoms. The largest absolute Gasteiger partial charge is 0.356 e. The first-order chi connectivity index (χ1) is 10.7. The summed E-state index contributed by atoms with van der Waals surface area (Å²) in [6.07, 6.45) is 3.89. The van der Waals surface area contributed by atoms with E-state index in [-0.39, 0.29) is 0 Å². The smallest absolute Gasteiger partial charge is 0.191 e. The van der Waals surface area contributed by atoms with Gasteiger partial charge in [-0.15, -0.1) is 0 Å². The standard InChI is InChI=1S/C17H30N4S/c1-4-16(21-8-5-6-9-21)12-20-17(18-3)19-11-14(2)15-7-10-22-13-15/h7,10,13-14,16H,4-6,8-9,11-12H2,1-3H3,(H2,18,19,20). The highest BCUT2D eigenvalue weighted by Gasteiger charge is 2.20. The topological polar surface area (TPSA) is 39.7 Å². The number of aliphatic imine (C=N–C) groups is 1. The van der Waals surface area contributed by atoms with E-state index in [9.17, 15) is 0 Å². The van der Waals surface area contributed by atoms with Crippen molar-refractivity contribution in [1.82, 2.24) is 15.5 Å². The molecule has 0 aliphatic carbocycles. The lowest BCUT2D eigenvalue weighted by Crippen LogP contribution is -2.46. The minimum absolute atomic E-state index is 0.505. The average molecular weight is 323 g/mol. The van der Waals surface area contributed by atoms with Gasteiger partial charge in [-0.3, -0.25) is 9.89 Å². The van der Waals surface area contributed by atoms with Crippen molar-refractivity contribution in [1.29, 1.82) is 0 Å². The van der Waals surface area contributed by atoms with Crippen molar-refractivity contribution in [2.75, 3.05) is 33.2 Å². The Labute approximate surface area is 139 Å². The van der Waals surface area contributed by atoms with E-state index in [1.54, 1.807) is 11.3 Å². The quantitative estimate of drug-likeness (QED) is 0.599. The van der Waals surface area contributed by atoms with Gasteiger partial charge < -0.3 is 10.6 Å². The van der Waals surface area contributed by atoms with Gasteiger partial charge in [0.15, 0.2) is 5.96 Å². The van der Waals surface area contributed by atoms with Crippen LogP contribution in [0, 0.1) is 0 Å². The highest BCUT2D eigenvalue weighted by molar-refractivity contribution is 7.07. The van der Waals surface area contributed by atoms with Gasteiger partial charge in [0.25, 0.3) is 0 Å². The summed E-state index contributed by atoms with van der Waals surface area (Å²) >= 11 is 1.76. The Bertz CT molecular complexity index is 438. The van der Waals surface area contributed by atoms with Gasteiger partial charge in [0.1, 0.15) is 0 Å². The number of guanidine groups is 1. The molecule has 0 amide bonds. The van der Waals surface area contributed by atoms with Gasteiger partial charge in [0, 0.05) is 26.2 Å². The van der Waals surface area contributed by atoms with E-state index in [1.807, 2.05) is 7.05 Å². The predicted molar refractivity (Wildman–Crippen MR) is 97.0 cm³/mol. The fourth-order valence-electron chi connectivity index (χ4n) is 3.00. The van der Waals surface area contributed by atoms with Crippen LogP contribution >= 0.6 is 11.3 Å². The van der Waals surface area contributed by atoms with Crippen molar-refractivity contribution in [3.63, 3.8) is 0 Å². The third kappa shape index (κ3) is 4.99. The summed E-state index contributed by atoms with van der Waals surface area (Å²) < 4.78 is 0. The average Bonchev–Trinajstić information content (AvgIpc) is 3.23. The molecule has 0 spiro atoms. The number of hydrogen-bond donors (Lipinski definition) is 2. The molecule has 2 N–H and O–H groups in total. The Morgan fingerprint density at radius 1 is 1.32 bits per heavy atom. The van der Waals surface area contributed by atoms with E-state index in [0.717, 1.165) is 19.0 Å². The maximum absolute atomic E-state index is 4.35. The molecular weight excluding hydrogens is 292 g/mol. The zero-order valence-electron chi connectivity index (χ0n) is 14.1. The first-order valence-electron chi connectivity index (χ1n) is 8.45. The van der Waals surface area contributed by atoms with E-state index < -0.39 is 0 Å². The predicted octanol–water partition coefficient (Wildman–Crippen LogP) is 2.89. The van der Waals surface area contributed by atoms with Crippen LogP contribution in [0.3, 0.4) is 0 Å². The summed E-state index contributed by atoms with van der Waals surface area (Å²) in [4.78, 5) is 6.96. The third-order valence-electron chi connectivity index (χ3n) is 4.54. The third-order valence-corrected chi connectivity index (χ3v) is 5.25. The number of hydrogen-bond acceptors (Lipinski definition) is 3. The van der Waals surface area contributed by atoms with Crippen LogP contribution < -0.4 is 10.6 Å². The number of nitrogens with one attached hydrogen (secondary N) is 2. The number of thiophene rings is 1. The van der Waals surface area contributed by atoms with E-state index in [0.29, 0.717) is 12.0 Å². The van der Waals surface area contributed by atoms with Crippen LogP contribution in [0.1, 0.15) is 44.6 Å². The lowest BCUT2D eigenvalue weighted by Gasteiger charge is -2.27. The van der Waals surface area contributed by atoms with Crippen LogP contribution in [0.2, 0.25) is 0 Å². The molecule has 1 aliphatic rings. The van der Waals surface area contributed by atoms with E-state index >= 15 is 0 Å². The maximum Gasteiger partial charge on any atom is 0.191 e. The second-order valence-electron chi connectivity index (χ2n) is 6.10. The summed E-state index contributed by atoms with van der Waals surface area (Å²) in [5.74, 6) is 1.42. The van der Waals surface area contributed by atoms with Gasteiger partial charge in [-0.05, 0) is 60.7 Å². The van der Waals surface area contributed by atoms with Crippen LogP contribution in [-0.4, -0.2) is 50.1 Å². The molecule has 1 aliphatic heterocycles. The molecule has 2 atom stereocenters. The van der Waals surface area contributed by atoms with Crippen molar-refractivity contribution in [3.05, 3.63) is 22.4 Å². The first-order valence-corrected chi connectivity index (χ1v) is 9.39. The second kappa shape index (κ2) is 9.16. The second-order valence-corrected chi connectivity index (χ2v) is 6.88. The highest BCUT2D eigenvalue weighted by atomic mass is 32.1. The molecule has 0 saturated carbocycles. The van der Waals surface area contributed by atoms with Crippen molar-refractivity contribution >= 4 is 17.3 Å². The summed E-state index contributed by atoms with van der Waals surface area (Å²) in [5, 5.41) is 11.3. The highest BCUT2D eigenvalue weighted by Crippen LogP contribution is 2.17. The molecule has 0 radical (unpaired) electrons. The van der Waals surface area contributed by atoms with Gasteiger partial charge in [-0.25, -0.2) is 0 Å². The first kappa shape index (κ1) is 17.3. The molecule has 1 aromatic heterocycles. The summed E-state index contributed by atoms with van der Waals surface area (Å²) in [7, 11) is 1.85. The van der Waals surface area contributed by atoms with Crippen LogP contribution in [0.4, 0.5) is 0 Å². The van der Waals surface area contributed by atoms with Crippen LogP contribution in [0.15, 0.2) is 21.8 Å². The molecule has 5 heteroatoms. The van der Waals surface area contributed by atoms with Crippen LogP contribution in [0.5, 0.6) is 0 Å². The summed E-state index contributed by atoms with van der Waals surface area (Å²) in [6.45, 7) is 8.92. The molecule has 0 aromatic carbocycles. The maximum atomic E-state index is 4.35. The zero-order valence-corrected chi connectivity index (χ0v) is 15.0. The Balaban J connectivity index is 1.74. The Kier molecular flexibility index (Phi) is 7.19. The lowest BCUT2D eigenvalue weighted by atomic mass is 10.1. The lowest BCUT2D eigenvalue weighted by molar-refractivity contribution is 0.236. The molecular formula is C17H30N4S. The number of nitrogens with zero attached hydrogens (tertiary/aromatic N) is 2. The molecule has 1 fully saturated rings. The zero-order chi connectivity index (χ0) is 15.8. The van der Waals surface area contributed by atoms with E-state index in [2.05, 4.69) is 51.2 Å². The Morgan fingerprint density at radius 3 is 2.64 bits per heavy atom. The fraction of sp³-hybridized carbons (Fsp3) is 0.706.